The van der Waals surface area contributed by atoms with Gasteiger partial charge in [-0.25, -0.2) is 0 Å². The number of likely N-dealkylation sites (tertiary alicyclic amines) is 1. The molecule has 2 atom stereocenters. The van der Waals surface area contributed by atoms with Crippen LogP contribution in [0.15, 0.2) is 0 Å². The van der Waals surface area contributed by atoms with Crippen LogP contribution in [0.25, 0.3) is 0 Å². The number of aliphatic hydroxyl groups excluding tert-OH is 1. The summed E-state index contributed by atoms with van der Waals surface area (Å²) in [5.41, 5.74) is 5.69. The van der Waals surface area contributed by atoms with Gasteiger partial charge in [0.1, 0.15) is 6.10 Å². The monoisotopic (exact) mass is 172 g/mol. The Balaban J connectivity index is 2.46. The highest BCUT2D eigenvalue weighted by molar-refractivity contribution is 5.80. The van der Waals surface area contributed by atoms with Crippen molar-refractivity contribution in [2.24, 2.45) is 5.73 Å². The Kier molecular flexibility index (Phi) is 3.05. The summed E-state index contributed by atoms with van der Waals surface area (Å²) in [6, 6.07) is 0.0847. The normalized spacial score (nSPS) is 26.9. The number of piperidine rings is 1. The number of aliphatic hydroxyl groups is 1. The van der Waals surface area contributed by atoms with Crippen LogP contribution >= 0.6 is 0 Å². The van der Waals surface area contributed by atoms with Gasteiger partial charge in [0.05, 0.1) is 0 Å². The summed E-state index contributed by atoms with van der Waals surface area (Å²) in [6.45, 7) is 2.81. The van der Waals surface area contributed by atoms with E-state index in [9.17, 15) is 4.79 Å². The molecule has 1 heterocycles. The maximum atomic E-state index is 11.3. The quantitative estimate of drug-likeness (QED) is 0.550. The zero-order valence-electron chi connectivity index (χ0n) is 7.36. The molecule has 12 heavy (non-hydrogen) atoms. The zero-order valence-corrected chi connectivity index (χ0v) is 7.36. The number of nitrogens with zero attached hydrogens (tertiary/aromatic N) is 1. The molecule has 1 amide bonds. The minimum absolute atomic E-state index is 0.0847. The van der Waals surface area contributed by atoms with Gasteiger partial charge in [0.15, 0.2) is 0 Å². The first-order valence-electron chi connectivity index (χ1n) is 4.33. The fourth-order valence-corrected chi connectivity index (χ4v) is 1.47. The molecule has 0 aromatic carbocycles. The highest BCUT2D eigenvalue weighted by Gasteiger charge is 2.23. The molecule has 1 saturated heterocycles. The predicted octanol–water partition coefficient (Wildman–Crippen LogP) is -0.683. The van der Waals surface area contributed by atoms with Crippen LogP contribution in [-0.4, -0.2) is 41.1 Å². The van der Waals surface area contributed by atoms with E-state index < -0.39 is 6.10 Å². The fourth-order valence-electron chi connectivity index (χ4n) is 1.47. The van der Waals surface area contributed by atoms with Crippen molar-refractivity contribution < 1.29 is 9.90 Å². The second-order valence-corrected chi connectivity index (χ2v) is 3.36. The topological polar surface area (TPSA) is 66.6 Å². The molecule has 1 aliphatic rings. The van der Waals surface area contributed by atoms with Gasteiger partial charge in [-0.2, -0.15) is 0 Å². The average molecular weight is 172 g/mol. The summed E-state index contributed by atoms with van der Waals surface area (Å²) in [5.74, 6) is -0.204. The molecule has 0 aliphatic carbocycles. The van der Waals surface area contributed by atoms with Gasteiger partial charge in [0, 0.05) is 19.1 Å². The van der Waals surface area contributed by atoms with Crippen molar-refractivity contribution in [2.75, 3.05) is 13.1 Å². The minimum atomic E-state index is -0.893. The van der Waals surface area contributed by atoms with Crippen molar-refractivity contribution in [1.82, 2.24) is 4.90 Å². The van der Waals surface area contributed by atoms with Crippen molar-refractivity contribution in [2.45, 2.75) is 31.9 Å². The lowest BCUT2D eigenvalue weighted by atomic mass is 10.1. The molecule has 0 radical (unpaired) electrons. The Hall–Kier alpha value is -0.610. The first kappa shape index (κ1) is 9.48. The molecule has 1 aliphatic heterocycles. The number of hydrogen-bond donors (Lipinski definition) is 2. The molecule has 0 aromatic rings. The molecule has 0 spiro atoms. The minimum Gasteiger partial charge on any atom is -0.384 e. The summed E-state index contributed by atoms with van der Waals surface area (Å²) in [4.78, 5) is 12.9. The van der Waals surface area contributed by atoms with Crippen LogP contribution in [0.3, 0.4) is 0 Å². The molecule has 4 nitrogen and oxygen atoms in total. The lowest BCUT2D eigenvalue weighted by Crippen LogP contribution is -2.48. The van der Waals surface area contributed by atoms with E-state index >= 15 is 0 Å². The third-order valence-corrected chi connectivity index (χ3v) is 2.13. The van der Waals surface area contributed by atoms with E-state index in [0.717, 1.165) is 19.4 Å². The van der Waals surface area contributed by atoms with E-state index in [1.165, 1.54) is 6.92 Å². The number of rotatable bonds is 1. The van der Waals surface area contributed by atoms with E-state index in [1.54, 1.807) is 4.90 Å². The molecule has 70 valence electrons. The summed E-state index contributed by atoms with van der Waals surface area (Å²) in [7, 11) is 0. The number of carbonyl (C=O) groups is 1. The van der Waals surface area contributed by atoms with Crippen LogP contribution in [-0.2, 0) is 4.79 Å². The van der Waals surface area contributed by atoms with Crippen LogP contribution in [0.2, 0.25) is 0 Å². The Labute approximate surface area is 72.3 Å². The SMILES string of the molecule is C[C@@H](O)C(=O)N1CCCC(N)C1. The second kappa shape index (κ2) is 3.87. The Bertz CT molecular complexity index is 170. The van der Waals surface area contributed by atoms with Crippen molar-refractivity contribution in [3.8, 4) is 0 Å². The molecule has 1 rings (SSSR count). The average Bonchev–Trinajstić information content (AvgIpc) is 2.03. The van der Waals surface area contributed by atoms with Crippen LogP contribution in [0.5, 0.6) is 0 Å². The predicted molar refractivity (Wildman–Crippen MR) is 45.5 cm³/mol. The number of hydrogen-bond acceptors (Lipinski definition) is 3. The van der Waals surface area contributed by atoms with E-state index in [-0.39, 0.29) is 11.9 Å². The summed E-state index contributed by atoms with van der Waals surface area (Å²) < 4.78 is 0. The van der Waals surface area contributed by atoms with Gasteiger partial charge in [-0.1, -0.05) is 0 Å². The van der Waals surface area contributed by atoms with Gasteiger partial charge in [-0.3, -0.25) is 4.79 Å². The Morgan fingerprint density at radius 2 is 2.42 bits per heavy atom. The third kappa shape index (κ3) is 2.19. The van der Waals surface area contributed by atoms with Crippen LogP contribution in [0, 0.1) is 0 Å². The highest BCUT2D eigenvalue weighted by Crippen LogP contribution is 2.09. The van der Waals surface area contributed by atoms with Gasteiger partial charge in [-0.15, -0.1) is 0 Å². The summed E-state index contributed by atoms with van der Waals surface area (Å²) in [5, 5.41) is 9.03. The molecule has 1 fully saturated rings. The molecule has 0 aromatic heterocycles. The van der Waals surface area contributed by atoms with Crippen LogP contribution in [0.1, 0.15) is 19.8 Å². The smallest absolute Gasteiger partial charge is 0.251 e. The maximum Gasteiger partial charge on any atom is 0.251 e. The zero-order chi connectivity index (χ0) is 9.14. The van der Waals surface area contributed by atoms with Crippen molar-refractivity contribution >= 4 is 5.91 Å². The lowest BCUT2D eigenvalue weighted by molar-refractivity contribution is -0.140. The number of amides is 1. The van der Waals surface area contributed by atoms with Crippen molar-refractivity contribution in [3.63, 3.8) is 0 Å². The molecular formula is C8H16N2O2. The second-order valence-electron chi connectivity index (χ2n) is 3.36. The molecule has 0 bridgehead atoms. The largest absolute Gasteiger partial charge is 0.384 e. The number of nitrogens with two attached hydrogens (primary N) is 1. The summed E-state index contributed by atoms with van der Waals surface area (Å²) in [6.07, 6.45) is 1.03. The van der Waals surface area contributed by atoms with E-state index in [4.69, 9.17) is 10.8 Å². The highest BCUT2D eigenvalue weighted by atomic mass is 16.3. The van der Waals surface area contributed by atoms with Gasteiger partial charge in [0.25, 0.3) is 5.91 Å². The summed E-state index contributed by atoms with van der Waals surface area (Å²) >= 11 is 0. The lowest BCUT2D eigenvalue weighted by Gasteiger charge is -2.31. The molecular weight excluding hydrogens is 156 g/mol. The number of carbonyl (C=O) groups excluding carboxylic acids is 1. The van der Waals surface area contributed by atoms with Crippen molar-refractivity contribution in [3.05, 3.63) is 0 Å². The molecule has 4 heteroatoms. The molecule has 0 saturated carbocycles. The Morgan fingerprint density at radius 1 is 1.75 bits per heavy atom. The molecule has 3 N–H and O–H groups in total. The van der Waals surface area contributed by atoms with Crippen molar-refractivity contribution in [1.29, 1.82) is 0 Å². The van der Waals surface area contributed by atoms with Crippen LogP contribution in [0.4, 0.5) is 0 Å². The van der Waals surface area contributed by atoms with Gasteiger partial charge in [0.2, 0.25) is 0 Å². The van der Waals surface area contributed by atoms with Gasteiger partial charge >= 0.3 is 0 Å². The van der Waals surface area contributed by atoms with E-state index in [1.807, 2.05) is 0 Å². The first-order valence-corrected chi connectivity index (χ1v) is 4.33. The van der Waals surface area contributed by atoms with E-state index in [2.05, 4.69) is 0 Å². The fraction of sp³-hybridized carbons (Fsp3) is 0.875. The van der Waals surface area contributed by atoms with Gasteiger partial charge < -0.3 is 15.7 Å². The standard InChI is InChI=1S/C8H16N2O2/c1-6(11)8(12)10-4-2-3-7(9)5-10/h6-7,11H,2-5,9H2,1H3/t6-,7?/m1/s1. The first-order chi connectivity index (χ1) is 5.61. The van der Waals surface area contributed by atoms with E-state index in [0.29, 0.717) is 6.54 Å². The maximum absolute atomic E-state index is 11.3. The molecule has 1 unspecified atom stereocenters. The third-order valence-electron chi connectivity index (χ3n) is 2.13. The van der Waals surface area contributed by atoms with Gasteiger partial charge in [-0.05, 0) is 19.8 Å². The Morgan fingerprint density at radius 3 is 2.92 bits per heavy atom. The van der Waals surface area contributed by atoms with Crippen LogP contribution < -0.4 is 5.73 Å².